The van der Waals surface area contributed by atoms with Crippen molar-refractivity contribution >= 4 is 28.2 Å². The van der Waals surface area contributed by atoms with E-state index in [9.17, 15) is 9.59 Å². The standard InChI is InChI=1S/C21H26N2O4S/c1-14-8-10-23(11-9-14)12-18(24)22-20-19(21(25)27-3)17(13-28-20)15-4-6-16(26-2)7-5-15/h4-7,13-14H,8-12H2,1-3H3,(H,22,24). The number of benzene rings is 1. The maximum atomic E-state index is 12.5. The van der Waals surface area contributed by atoms with Crippen LogP contribution in [0.5, 0.6) is 5.75 Å². The number of ether oxygens (including phenoxy) is 2. The van der Waals surface area contributed by atoms with Gasteiger partial charge in [-0.1, -0.05) is 19.1 Å². The second kappa shape index (κ2) is 9.21. The number of amides is 1. The minimum Gasteiger partial charge on any atom is -0.497 e. The van der Waals surface area contributed by atoms with Crippen molar-refractivity contribution in [2.75, 3.05) is 39.2 Å². The lowest BCUT2D eigenvalue weighted by molar-refractivity contribution is -0.117. The number of rotatable bonds is 6. The molecular weight excluding hydrogens is 376 g/mol. The number of hydrogen-bond donors (Lipinski definition) is 1. The minimum absolute atomic E-state index is 0.108. The summed E-state index contributed by atoms with van der Waals surface area (Å²) in [5, 5.41) is 5.30. The highest BCUT2D eigenvalue weighted by Crippen LogP contribution is 2.36. The van der Waals surface area contributed by atoms with Gasteiger partial charge in [-0.3, -0.25) is 9.69 Å². The molecule has 0 unspecified atom stereocenters. The van der Waals surface area contributed by atoms with Crippen molar-refractivity contribution in [2.45, 2.75) is 19.8 Å². The summed E-state index contributed by atoms with van der Waals surface area (Å²) in [5.41, 5.74) is 1.99. The maximum Gasteiger partial charge on any atom is 0.341 e. The molecule has 1 amide bonds. The van der Waals surface area contributed by atoms with E-state index in [1.165, 1.54) is 18.4 Å². The van der Waals surface area contributed by atoms with E-state index in [1.807, 2.05) is 29.6 Å². The Hall–Kier alpha value is -2.38. The van der Waals surface area contributed by atoms with Gasteiger partial charge in [-0.25, -0.2) is 4.79 Å². The lowest BCUT2D eigenvalue weighted by atomic mass is 9.99. The van der Waals surface area contributed by atoms with E-state index in [0.717, 1.165) is 48.7 Å². The van der Waals surface area contributed by atoms with E-state index in [2.05, 4.69) is 17.1 Å². The SMILES string of the molecule is COC(=O)c1c(-c2ccc(OC)cc2)csc1NC(=O)CN1CCC(C)CC1. The molecule has 3 rings (SSSR count). The highest BCUT2D eigenvalue weighted by Gasteiger charge is 2.24. The number of carbonyl (C=O) groups is 2. The molecule has 1 aromatic heterocycles. The number of esters is 1. The first kappa shape index (κ1) is 20.4. The summed E-state index contributed by atoms with van der Waals surface area (Å²) in [5.74, 6) is 0.884. The summed E-state index contributed by atoms with van der Waals surface area (Å²) >= 11 is 1.33. The highest BCUT2D eigenvalue weighted by molar-refractivity contribution is 7.15. The van der Waals surface area contributed by atoms with E-state index in [0.29, 0.717) is 17.1 Å². The van der Waals surface area contributed by atoms with Crippen LogP contribution in [0.4, 0.5) is 5.00 Å². The zero-order valence-corrected chi connectivity index (χ0v) is 17.3. The van der Waals surface area contributed by atoms with Gasteiger partial charge in [-0.15, -0.1) is 11.3 Å². The second-order valence-electron chi connectivity index (χ2n) is 7.08. The van der Waals surface area contributed by atoms with Gasteiger partial charge in [0.05, 0.1) is 20.8 Å². The van der Waals surface area contributed by atoms with Gasteiger partial charge >= 0.3 is 5.97 Å². The van der Waals surface area contributed by atoms with E-state index in [-0.39, 0.29) is 5.91 Å². The molecule has 1 aliphatic heterocycles. The zero-order chi connectivity index (χ0) is 20.1. The molecule has 0 aliphatic carbocycles. The molecule has 0 saturated carbocycles. The molecule has 150 valence electrons. The van der Waals surface area contributed by atoms with Crippen molar-refractivity contribution < 1.29 is 19.1 Å². The van der Waals surface area contributed by atoms with Crippen LogP contribution in [0.15, 0.2) is 29.6 Å². The number of hydrogen-bond acceptors (Lipinski definition) is 6. The number of nitrogens with zero attached hydrogens (tertiary/aromatic N) is 1. The molecule has 1 N–H and O–H groups in total. The fraction of sp³-hybridized carbons (Fsp3) is 0.429. The molecule has 7 heteroatoms. The third-order valence-corrected chi connectivity index (χ3v) is 5.97. The van der Waals surface area contributed by atoms with Gasteiger partial charge in [-0.05, 0) is 49.5 Å². The molecule has 1 aromatic carbocycles. The number of likely N-dealkylation sites (tertiary alicyclic amines) is 1. The van der Waals surface area contributed by atoms with Gasteiger partial charge in [0.1, 0.15) is 16.3 Å². The summed E-state index contributed by atoms with van der Waals surface area (Å²) in [7, 11) is 2.95. The first-order valence-corrected chi connectivity index (χ1v) is 10.3. The number of methoxy groups -OCH3 is 2. The molecule has 2 heterocycles. The summed E-state index contributed by atoms with van der Waals surface area (Å²) in [6, 6.07) is 7.44. The van der Waals surface area contributed by atoms with Gasteiger partial charge in [0.15, 0.2) is 0 Å². The average Bonchev–Trinajstić information content (AvgIpc) is 3.12. The van der Waals surface area contributed by atoms with Gasteiger partial charge in [0.2, 0.25) is 5.91 Å². The molecule has 28 heavy (non-hydrogen) atoms. The lowest BCUT2D eigenvalue weighted by Gasteiger charge is -2.29. The molecule has 0 atom stereocenters. The Morgan fingerprint density at radius 1 is 1.18 bits per heavy atom. The Labute approximate surface area is 169 Å². The largest absolute Gasteiger partial charge is 0.497 e. The van der Waals surface area contributed by atoms with E-state index < -0.39 is 5.97 Å². The van der Waals surface area contributed by atoms with Crippen LogP contribution in [0.1, 0.15) is 30.1 Å². The number of carbonyl (C=O) groups excluding carboxylic acids is 2. The van der Waals surface area contributed by atoms with Gasteiger partial charge in [0.25, 0.3) is 0 Å². The first-order valence-electron chi connectivity index (χ1n) is 9.38. The minimum atomic E-state index is -0.464. The Morgan fingerprint density at radius 2 is 1.86 bits per heavy atom. The van der Waals surface area contributed by atoms with Crippen molar-refractivity contribution in [2.24, 2.45) is 5.92 Å². The van der Waals surface area contributed by atoms with Crippen LogP contribution in [0.3, 0.4) is 0 Å². The third-order valence-electron chi connectivity index (χ3n) is 5.08. The zero-order valence-electron chi connectivity index (χ0n) is 16.5. The summed E-state index contributed by atoms with van der Waals surface area (Å²) in [6.45, 7) is 4.44. The molecular formula is C21H26N2O4S. The molecule has 1 aliphatic rings. The van der Waals surface area contributed by atoms with Crippen molar-refractivity contribution in [3.63, 3.8) is 0 Å². The van der Waals surface area contributed by atoms with Gasteiger partial charge in [-0.2, -0.15) is 0 Å². The molecule has 0 radical (unpaired) electrons. The Bertz CT molecular complexity index is 823. The number of anilines is 1. The quantitative estimate of drug-likeness (QED) is 0.743. The molecule has 1 fully saturated rings. The molecule has 1 saturated heterocycles. The Kier molecular flexibility index (Phi) is 6.70. The topological polar surface area (TPSA) is 67.9 Å². The summed E-state index contributed by atoms with van der Waals surface area (Å²) in [4.78, 5) is 27.1. The predicted molar refractivity (Wildman–Crippen MR) is 111 cm³/mol. The van der Waals surface area contributed by atoms with Crippen molar-refractivity contribution in [3.8, 4) is 16.9 Å². The average molecular weight is 403 g/mol. The van der Waals surface area contributed by atoms with E-state index in [1.54, 1.807) is 7.11 Å². The summed E-state index contributed by atoms with van der Waals surface area (Å²) in [6.07, 6.45) is 2.22. The first-order chi connectivity index (χ1) is 13.5. The highest BCUT2D eigenvalue weighted by atomic mass is 32.1. The van der Waals surface area contributed by atoms with Gasteiger partial charge < -0.3 is 14.8 Å². The summed E-state index contributed by atoms with van der Waals surface area (Å²) < 4.78 is 10.2. The molecule has 6 nitrogen and oxygen atoms in total. The van der Waals surface area contributed by atoms with Crippen LogP contribution in [-0.4, -0.2) is 50.6 Å². The lowest BCUT2D eigenvalue weighted by Crippen LogP contribution is -2.38. The van der Waals surface area contributed by atoms with Crippen LogP contribution in [-0.2, 0) is 9.53 Å². The molecule has 2 aromatic rings. The molecule has 0 bridgehead atoms. The fourth-order valence-corrected chi connectivity index (χ4v) is 4.30. The van der Waals surface area contributed by atoms with E-state index in [4.69, 9.17) is 9.47 Å². The van der Waals surface area contributed by atoms with Crippen LogP contribution >= 0.6 is 11.3 Å². The number of piperidine rings is 1. The monoisotopic (exact) mass is 402 g/mol. The maximum absolute atomic E-state index is 12.5. The Morgan fingerprint density at radius 3 is 2.46 bits per heavy atom. The predicted octanol–water partition coefficient (Wildman–Crippen LogP) is 3.88. The van der Waals surface area contributed by atoms with Crippen LogP contribution in [0, 0.1) is 5.92 Å². The second-order valence-corrected chi connectivity index (χ2v) is 7.96. The van der Waals surface area contributed by atoms with Crippen molar-refractivity contribution in [1.82, 2.24) is 4.90 Å². The number of thiophene rings is 1. The van der Waals surface area contributed by atoms with E-state index >= 15 is 0 Å². The van der Waals surface area contributed by atoms with Crippen LogP contribution in [0.2, 0.25) is 0 Å². The van der Waals surface area contributed by atoms with Crippen LogP contribution in [0.25, 0.3) is 11.1 Å². The Balaban J connectivity index is 1.77. The normalized spacial score (nSPS) is 15.2. The smallest absolute Gasteiger partial charge is 0.341 e. The fourth-order valence-electron chi connectivity index (χ4n) is 3.33. The van der Waals surface area contributed by atoms with Gasteiger partial charge in [0, 0.05) is 10.9 Å². The third kappa shape index (κ3) is 4.72. The van der Waals surface area contributed by atoms with Crippen molar-refractivity contribution in [3.05, 3.63) is 35.2 Å². The molecule has 0 spiro atoms. The number of nitrogens with one attached hydrogen (secondary N) is 1. The van der Waals surface area contributed by atoms with Crippen LogP contribution < -0.4 is 10.1 Å². The van der Waals surface area contributed by atoms with Crippen molar-refractivity contribution in [1.29, 1.82) is 0 Å².